The molecule has 9 heteroatoms. The second-order valence-corrected chi connectivity index (χ2v) is 7.33. The molecule has 0 aliphatic heterocycles. The van der Waals surface area contributed by atoms with Crippen molar-refractivity contribution in [1.29, 1.82) is 0 Å². The Labute approximate surface area is 163 Å². The summed E-state index contributed by atoms with van der Waals surface area (Å²) in [5, 5.41) is 14.1. The van der Waals surface area contributed by atoms with Gasteiger partial charge in [-0.05, 0) is 17.7 Å². The van der Waals surface area contributed by atoms with Gasteiger partial charge in [-0.15, -0.1) is 0 Å². The Balaban J connectivity index is 1.81. The molecule has 29 heavy (non-hydrogen) atoms. The van der Waals surface area contributed by atoms with E-state index in [0.29, 0.717) is 16.5 Å². The van der Waals surface area contributed by atoms with Crippen molar-refractivity contribution in [2.45, 2.75) is 25.4 Å². The molecule has 0 saturated heterocycles. The zero-order valence-electron chi connectivity index (χ0n) is 15.6. The van der Waals surface area contributed by atoms with Crippen molar-refractivity contribution in [1.82, 2.24) is 10.3 Å². The number of fused-ring (bicyclic) bond motifs is 1. The number of halogens is 3. The summed E-state index contributed by atoms with van der Waals surface area (Å²) in [6.45, 7) is 3.53. The summed E-state index contributed by atoms with van der Waals surface area (Å²) in [6.07, 6.45) is -3.00. The Kier molecular flexibility index (Phi) is 5.08. The molecular weight excluding hydrogens is 387 g/mol. The number of non-ortho nitro benzene ring substituents is 1. The maximum Gasteiger partial charge on any atom is 0.416 e. The van der Waals surface area contributed by atoms with E-state index in [1.165, 1.54) is 30.5 Å². The molecule has 0 aliphatic carbocycles. The maximum atomic E-state index is 13.0. The molecule has 0 fully saturated rings. The van der Waals surface area contributed by atoms with E-state index >= 15 is 0 Å². The number of benzene rings is 2. The number of carbonyl (C=O) groups excluding carboxylic acids is 1. The van der Waals surface area contributed by atoms with E-state index in [-0.39, 0.29) is 17.8 Å². The smallest absolute Gasteiger partial charge is 0.360 e. The van der Waals surface area contributed by atoms with Gasteiger partial charge in [0.1, 0.15) is 0 Å². The lowest BCUT2D eigenvalue weighted by Crippen LogP contribution is -2.36. The molecule has 6 nitrogen and oxygen atoms in total. The molecule has 0 unspecified atom stereocenters. The van der Waals surface area contributed by atoms with Crippen LogP contribution in [0.15, 0.2) is 48.7 Å². The molecule has 0 spiro atoms. The van der Waals surface area contributed by atoms with Crippen molar-refractivity contribution >= 4 is 22.5 Å². The van der Waals surface area contributed by atoms with Gasteiger partial charge in [0.25, 0.3) is 11.6 Å². The van der Waals surface area contributed by atoms with Crippen molar-refractivity contribution in [3.8, 4) is 0 Å². The van der Waals surface area contributed by atoms with Crippen LogP contribution in [0.1, 0.15) is 35.3 Å². The highest BCUT2D eigenvalue weighted by atomic mass is 19.4. The molecule has 3 rings (SSSR count). The molecule has 0 atom stereocenters. The van der Waals surface area contributed by atoms with Crippen LogP contribution in [-0.2, 0) is 11.6 Å². The molecule has 0 radical (unpaired) electrons. The highest BCUT2D eigenvalue weighted by molar-refractivity contribution is 6.07. The zero-order chi connectivity index (χ0) is 21.4. The summed E-state index contributed by atoms with van der Waals surface area (Å²) in [4.78, 5) is 25.9. The Hall–Kier alpha value is -3.36. The third-order valence-electron chi connectivity index (χ3n) is 4.78. The Morgan fingerprint density at radius 1 is 1.14 bits per heavy atom. The zero-order valence-corrected chi connectivity index (χ0v) is 15.6. The lowest BCUT2D eigenvalue weighted by molar-refractivity contribution is -0.384. The fourth-order valence-electron chi connectivity index (χ4n) is 3.03. The monoisotopic (exact) mass is 405 g/mol. The third-order valence-corrected chi connectivity index (χ3v) is 4.78. The normalized spacial score (nSPS) is 12.2. The topological polar surface area (TPSA) is 88.0 Å². The Morgan fingerprint density at radius 3 is 2.48 bits per heavy atom. The van der Waals surface area contributed by atoms with E-state index in [2.05, 4.69) is 10.3 Å². The molecule has 152 valence electrons. The van der Waals surface area contributed by atoms with Gasteiger partial charge in [0, 0.05) is 41.2 Å². The SMILES string of the molecule is CC(C)(CNC(=O)c1c[nH]c2ccc([N+](=O)[O-])cc12)c1cccc(C(F)(F)F)c1. The van der Waals surface area contributed by atoms with Crippen molar-refractivity contribution in [2.24, 2.45) is 0 Å². The van der Waals surface area contributed by atoms with Crippen LogP contribution in [0.2, 0.25) is 0 Å². The number of nitro groups is 1. The number of nitrogens with one attached hydrogen (secondary N) is 2. The van der Waals surface area contributed by atoms with Gasteiger partial charge in [0.05, 0.1) is 16.1 Å². The predicted molar refractivity (Wildman–Crippen MR) is 102 cm³/mol. The van der Waals surface area contributed by atoms with E-state index in [1.807, 2.05) is 0 Å². The number of hydrogen-bond donors (Lipinski definition) is 2. The van der Waals surface area contributed by atoms with Crippen LogP contribution in [0.3, 0.4) is 0 Å². The number of alkyl halides is 3. The summed E-state index contributed by atoms with van der Waals surface area (Å²) < 4.78 is 38.9. The highest BCUT2D eigenvalue weighted by Gasteiger charge is 2.32. The fraction of sp³-hybridized carbons (Fsp3) is 0.250. The minimum atomic E-state index is -4.45. The second kappa shape index (κ2) is 7.23. The van der Waals surface area contributed by atoms with Crippen LogP contribution in [0.4, 0.5) is 18.9 Å². The van der Waals surface area contributed by atoms with Crippen LogP contribution < -0.4 is 5.32 Å². The highest BCUT2D eigenvalue weighted by Crippen LogP contribution is 2.32. The molecule has 1 aromatic heterocycles. The minimum absolute atomic E-state index is 0.0781. The second-order valence-electron chi connectivity index (χ2n) is 7.33. The first-order valence-electron chi connectivity index (χ1n) is 8.70. The van der Waals surface area contributed by atoms with Gasteiger partial charge in [0.15, 0.2) is 0 Å². The number of carbonyl (C=O) groups is 1. The minimum Gasteiger partial charge on any atom is -0.360 e. The molecule has 1 heterocycles. The number of nitro benzene ring substituents is 1. The van der Waals surface area contributed by atoms with E-state index in [1.54, 1.807) is 19.9 Å². The predicted octanol–water partition coefficient (Wildman–Crippen LogP) is 4.80. The van der Waals surface area contributed by atoms with Crippen LogP contribution in [0.25, 0.3) is 10.9 Å². The molecular formula is C20H18F3N3O3. The fourth-order valence-corrected chi connectivity index (χ4v) is 3.03. The molecule has 2 N–H and O–H groups in total. The van der Waals surface area contributed by atoms with Gasteiger partial charge in [-0.1, -0.05) is 32.0 Å². The lowest BCUT2D eigenvalue weighted by atomic mass is 9.83. The van der Waals surface area contributed by atoms with Crippen LogP contribution in [0, 0.1) is 10.1 Å². The van der Waals surface area contributed by atoms with Crippen molar-refractivity contribution in [2.75, 3.05) is 6.54 Å². The number of rotatable bonds is 5. The van der Waals surface area contributed by atoms with Gasteiger partial charge < -0.3 is 10.3 Å². The van der Waals surface area contributed by atoms with E-state index in [9.17, 15) is 28.1 Å². The average Bonchev–Trinajstić information content (AvgIpc) is 3.09. The average molecular weight is 405 g/mol. The summed E-state index contributed by atoms with van der Waals surface area (Å²) in [6, 6.07) is 9.13. The van der Waals surface area contributed by atoms with Gasteiger partial charge in [-0.3, -0.25) is 14.9 Å². The number of amides is 1. The summed E-state index contributed by atoms with van der Waals surface area (Å²) in [5.41, 5.74) is -0.438. The maximum absolute atomic E-state index is 13.0. The molecule has 2 aromatic carbocycles. The number of hydrogen-bond acceptors (Lipinski definition) is 3. The molecule has 0 saturated carbocycles. The van der Waals surface area contributed by atoms with Gasteiger partial charge in [0.2, 0.25) is 0 Å². The van der Waals surface area contributed by atoms with E-state index in [4.69, 9.17) is 0 Å². The van der Waals surface area contributed by atoms with Crippen LogP contribution in [-0.4, -0.2) is 22.4 Å². The third kappa shape index (κ3) is 4.23. The summed E-state index contributed by atoms with van der Waals surface area (Å²) in [7, 11) is 0. The summed E-state index contributed by atoms with van der Waals surface area (Å²) >= 11 is 0. The van der Waals surface area contributed by atoms with Gasteiger partial charge >= 0.3 is 6.18 Å². The number of nitrogens with zero attached hydrogens (tertiary/aromatic N) is 1. The summed E-state index contributed by atoms with van der Waals surface area (Å²) in [5.74, 6) is -0.475. The molecule has 0 bridgehead atoms. The first kappa shape index (κ1) is 20.4. The van der Waals surface area contributed by atoms with Crippen molar-refractivity contribution < 1.29 is 22.9 Å². The molecule has 0 aliphatic rings. The quantitative estimate of drug-likeness (QED) is 0.472. The molecule has 3 aromatic rings. The van der Waals surface area contributed by atoms with Crippen molar-refractivity contribution in [3.63, 3.8) is 0 Å². The number of H-pyrrole nitrogens is 1. The van der Waals surface area contributed by atoms with Crippen LogP contribution in [0.5, 0.6) is 0 Å². The lowest BCUT2D eigenvalue weighted by Gasteiger charge is -2.26. The van der Waals surface area contributed by atoms with Crippen molar-refractivity contribution in [3.05, 3.63) is 75.5 Å². The molecule has 1 amide bonds. The van der Waals surface area contributed by atoms with Crippen LogP contribution >= 0.6 is 0 Å². The van der Waals surface area contributed by atoms with Gasteiger partial charge in [-0.25, -0.2) is 0 Å². The Morgan fingerprint density at radius 2 is 1.83 bits per heavy atom. The standard InChI is InChI=1S/C20H18F3N3O3/c1-19(2,12-4-3-5-13(8-12)20(21,22)23)11-25-18(27)16-10-24-17-7-6-14(26(28)29)9-15(16)17/h3-10,24H,11H2,1-2H3,(H,25,27). The number of aromatic amines is 1. The van der Waals surface area contributed by atoms with E-state index < -0.39 is 28.0 Å². The largest absolute Gasteiger partial charge is 0.416 e. The Bertz CT molecular complexity index is 1090. The first-order valence-corrected chi connectivity index (χ1v) is 8.70. The van der Waals surface area contributed by atoms with Gasteiger partial charge in [-0.2, -0.15) is 13.2 Å². The first-order chi connectivity index (χ1) is 13.5. The number of aromatic nitrogens is 1. The van der Waals surface area contributed by atoms with E-state index in [0.717, 1.165) is 12.1 Å².